The number of nitrogens with one attached hydrogen (secondary N) is 1. The SMILES string of the molecule is Cc1ccc([N+](=O)[O-])cc1-n1nc(C(C)C)c2c1NCCCC2. The Morgan fingerprint density at radius 1 is 1.35 bits per heavy atom. The molecule has 6 nitrogen and oxygen atoms in total. The molecule has 1 aliphatic rings. The van der Waals surface area contributed by atoms with Crippen molar-refractivity contribution in [3.63, 3.8) is 0 Å². The van der Waals surface area contributed by atoms with E-state index in [9.17, 15) is 10.1 Å². The van der Waals surface area contributed by atoms with Crippen LogP contribution in [0.4, 0.5) is 11.5 Å². The van der Waals surface area contributed by atoms with Gasteiger partial charge in [-0.1, -0.05) is 19.9 Å². The van der Waals surface area contributed by atoms with Crippen molar-refractivity contribution in [2.75, 3.05) is 11.9 Å². The lowest BCUT2D eigenvalue weighted by molar-refractivity contribution is -0.384. The van der Waals surface area contributed by atoms with Crippen LogP contribution in [-0.4, -0.2) is 21.2 Å². The lowest BCUT2D eigenvalue weighted by atomic mass is 10.0. The molecule has 1 N–H and O–H groups in total. The van der Waals surface area contributed by atoms with Crippen molar-refractivity contribution in [3.05, 3.63) is 45.1 Å². The molecule has 0 radical (unpaired) electrons. The number of rotatable bonds is 3. The predicted molar refractivity (Wildman–Crippen MR) is 90.5 cm³/mol. The maximum atomic E-state index is 11.1. The van der Waals surface area contributed by atoms with Gasteiger partial charge in [0.2, 0.25) is 0 Å². The molecule has 0 amide bonds. The Labute approximate surface area is 135 Å². The fourth-order valence-corrected chi connectivity index (χ4v) is 3.11. The number of fused-ring (bicyclic) bond motifs is 1. The lowest BCUT2D eigenvalue weighted by Gasteiger charge is -2.11. The zero-order chi connectivity index (χ0) is 16.6. The van der Waals surface area contributed by atoms with Gasteiger partial charge >= 0.3 is 0 Å². The second-order valence-corrected chi connectivity index (χ2v) is 6.39. The molecule has 3 rings (SSSR count). The number of nitrogens with zero attached hydrogens (tertiary/aromatic N) is 3. The molecule has 0 saturated heterocycles. The van der Waals surface area contributed by atoms with Crippen LogP contribution in [0, 0.1) is 17.0 Å². The van der Waals surface area contributed by atoms with E-state index in [0.717, 1.165) is 48.6 Å². The minimum absolute atomic E-state index is 0.0922. The summed E-state index contributed by atoms with van der Waals surface area (Å²) in [4.78, 5) is 10.8. The van der Waals surface area contributed by atoms with Crippen LogP contribution in [0.1, 0.15) is 49.4 Å². The zero-order valence-electron chi connectivity index (χ0n) is 13.8. The van der Waals surface area contributed by atoms with Gasteiger partial charge in [0.15, 0.2) is 0 Å². The summed E-state index contributed by atoms with van der Waals surface area (Å²) in [5, 5.41) is 19.4. The van der Waals surface area contributed by atoms with Crippen LogP contribution in [0.5, 0.6) is 0 Å². The van der Waals surface area contributed by atoms with Crippen LogP contribution >= 0.6 is 0 Å². The van der Waals surface area contributed by atoms with Gasteiger partial charge in [-0.15, -0.1) is 0 Å². The van der Waals surface area contributed by atoms with Crippen LogP contribution in [0.2, 0.25) is 0 Å². The average Bonchev–Trinajstić information content (AvgIpc) is 2.70. The van der Waals surface area contributed by atoms with E-state index in [2.05, 4.69) is 19.2 Å². The van der Waals surface area contributed by atoms with Crippen molar-refractivity contribution < 1.29 is 4.92 Å². The van der Waals surface area contributed by atoms with Crippen molar-refractivity contribution in [2.45, 2.75) is 46.0 Å². The smallest absolute Gasteiger partial charge is 0.271 e. The fourth-order valence-electron chi connectivity index (χ4n) is 3.11. The Balaban J connectivity index is 2.20. The van der Waals surface area contributed by atoms with E-state index in [0.29, 0.717) is 5.92 Å². The highest BCUT2D eigenvalue weighted by Crippen LogP contribution is 2.33. The lowest BCUT2D eigenvalue weighted by Crippen LogP contribution is -2.08. The first-order chi connectivity index (χ1) is 11.0. The summed E-state index contributed by atoms with van der Waals surface area (Å²) in [6.45, 7) is 7.14. The molecular weight excluding hydrogens is 292 g/mol. The van der Waals surface area contributed by atoms with Crippen LogP contribution < -0.4 is 5.32 Å². The summed E-state index contributed by atoms with van der Waals surface area (Å²) in [5.41, 5.74) is 4.18. The Morgan fingerprint density at radius 3 is 2.83 bits per heavy atom. The third kappa shape index (κ3) is 2.81. The normalized spacial score (nSPS) is 14.3. The number of hydrogen-bond acceptors (Lipinski definition) is 4. The Morgan fingerprint density at radius 2 is 2.13 bits per heavy atom. The third-order valence-electron chi connectivity index (χ3n) is 4.34. The van der Waals surface area contributed by atoms with E-state index >= 15 is 0 Å². The summed E-state index contributed by atoms with van der Waals surface area (Å²) in [6.07, 6.45) is 3.27. The Bertz CT molecular complexity index is 749. The fraction of sp³-hybridized carbons (Fsp3) is 0.471. The third-order valence-corrected chi connectivity index (χ3v) is 4.34. The standard InChI is InChI=1S/C17H22N4O2/c1-11(2)16-14-6-4-5-9-18-17(14)20(19-16)15-10-13(21(22)23)8-7-12(15)3/h7-8,10-11,18H,4-6,9H2,1-3H3. The zero-order valence-corrected chi connectivity index (χ0v) is 13.8. The molecule has 2 heterocycles. The van der Waals surface area contributed by atoms with E-state index in [4.69, 9.17) is 5.10 Å². The number of aromatic nitrogens is 2. The first-order valence-electron chi connectivity index (χ1n) is 8.10. The van der Waals surface area contributed by atoms with Crippen molar-refractivity contribution >= 4 is 11.5 Å². The quantitative estimate of drug-likeness (QED) is 0.687. The number of nitro groups is 1. The first kappa shape index (κ1) is 15.5. The number of nitro benzene ring substituents is 1. The molecule has 2 aromatic rings. The second kappa shape index (κ2) is 6.02. The molecule has 1 aromatic carbocycles. The molecule has 0 atom stereocenters. The maximum Gasteiger partial charge on any atom is 0.271 e. The van der Waals surface area contributed by atoms with Gasteiger partial charge in [0.05, 0.1) is 16.3 Å². The van der Waals surface area contributed by atoms with Gasteiger partial charge in [-0.2, -0.15) is 5.10 Å². The largest absolute Gasteiger partial charge is 0.370 e. The highest BCUT2D eigenvalue weighted by Gasteiger charge is 2.23. The van der Waals surface area contributed by atoms with Gasteiger partial charge in [-0.25, -0.2) is 4.68 Å². The van der Waals surface area contributed by atoms with E-state index in [1.54, 1.807) is 12.1 Å². The topological polar surface area (TPSA) is 73.0 Å². The van der Waals surface area contributed by atoms with Crippen molar-refractivity contribution in [3.8, 4) is 5.69 Å². The molecule has 0 fully saturated rings. The molecule has 0 saturated carbocycles. The molecule has 1 aliphatic heterocycles. The highest BCUT2D eigenvalue weighted by molar-refractivity contribution is 5.58. The van der Waals surface area contributed by atoms with Gasteiger partial charge < -0.3 is 5.32 Å². The summed E-state index contributed by atoms with van der Waals surface area (Å²) >= 11 is 0. The maximum absolute atomic E-state index is 11.1. The number of non-ortho nitro benzene ring substituents is 1. The molecule has 0 spiro atoms. The molecule has 122 valence electrons. The van der Waals surface area contributed by atoms with Gasteiger partial charge in [0, 0.05) is 24.2 Å². The van der Waals surface area contributed by atoms with Crippen LogP contribution in [0.25, 0.3) is 5.69 Å². The molecule has 0 aliphatic carbocycles. The molecular formula is C17H22N4O2. The summed E-state index contributed by atoms with van der Waals surface area (Å²) in [5.74, 6) is 1.32. The van der Waals surface area contributed by atoms with Gasteiger partial charge in [-0.3, -0.25) is 10.1 Å². The van der Waals surface area contributed by atoms with Crippen LogP contribution in [0.3, 0.4) is 0 Å². The number of aryl methyl sites for hydroxylation is 1. The van der Waals surface area contributed by atoms with Crippen molar-refractivity contribution in [1.29, 1.82) is 0 Å². The number of anilines is 1. The average molecular weight is 314 g/mol. The van der Waals surface area contributed by atoms with Gasteiger partial charge in [0.25, 0.3) is 5.69 Å². The molecule has 6 heteroatoms. The van der Waals surface area contributed by atoms with Gasteiger partial charge in [-0.05, 0) is 37.7 Å². The Kier molecular flexibility index (Phi) is 4.07. The molecule has 0 unspecified atom stereocenters. The predicted octanol–water partition coefficient (Wildman–Crippen LogP) is 3.96. The number of benzene rings is 1. The van der Waals surface area contributed by atoms with Crippen molar-refractivity contribution in [2.24, 2.45) is 0 Å². The summed E-state index contributed by atoms with van der Waals surface area (Å²) in [6, 6.07) is 4.93. The van der Waals surface area contributed by atoms with E-state index in [1.807, 2.05) is 11.6 Å². The van der Waals surface area contributed by atoms with Gasteiger partial charge in [0.1, 0.15) is 5.82 Å². The molecule has 23 heavy (non-hydrogen) atoms. The Hall–Kier alpha value is -2.37. The van der Waals surface area contributed by atoms with E-state index in [1.165, 1.54) is 11.6 Å². The van der Waals surface area contributed by atoms with E-state index < -0.39 is 0 Å². The van der Waals surface area contributed by atoms with E-state index in [-0.39, 0.29) is 10.6 Å². The van der Waals surface area contributed by atoms with Crippen LogP contribution in [0.15, 0.2) is 18.2 Å². The first-order valence-corrected chi connectivity index (χ1v) is 8.10. The minimum atomic E-state index is -0.359. The second-order valence-electron chi connectivity index (χ2n) is 6.39. The highest BCUT2D eigenvalue weighted by atomic mass is 16.6. The van der Waals surface area contributed by atoms with Crippen LogP contribution in [-0.2, 0) is 6.42 Å². The number of hydrogen-bond donors (Lipinski definition) is 1. The molecule has 0 bridgehead atoms. The minimum Gasteiger partial charge on any atom is -0.370 e. The summed E-state index contributed by atoms with van der Waals surface area (Å²) < 4.78 is 1.86. The monoisotopic (exact) mass is 314 g/mol. The van der Waals surface area contributed by atoms with Crippen molar-refractivity contribution in [1.82, 2.24) is 9.78 Å². The summed E-state index contributed by atoms with van der Waals surface area (Å²) in [7, 11) is 0. The molecule has 1 aromatic heterocycles.